The summed E-state index contributed by atoms with van der Waals surface area (Å²) in [4.78, 5) is 20.8. The van der Waals surface area contributed by atoms with Crippen molar-refractivity contribution >= 4 is 11.9 Å². The summed E-state index contributed by atoms with van der Waals surface area (Å²) in [5, 5.41) is 6.68. The summed E-state index contributed by atoms with van der Waals surface area (Å²) < 4.78 is 41.2. The lowest BCUT2D eigenvalue weighted by atomic mass is 10.0. The highest BCUT2D eigenvalue weighted by Crippen LogP contribution is 2.51. The molecule has 1 saturated carbocycles. The SMILES string of the molecule is Cn1cc(-c2ccnc(NC(=O)[C@H]3C[C@@H]3c3ccccc3C(F)(F)F)n2)cn1. The number of nitrogens with one attached hydrogen (secondary N) is 1. The molecule has 1 N–H and O–H groups in total. The largest absolute Gasteiger partial charge is 0.416 e. The molecule has 1 aliphatic carbocycles. The molecule has 4 rings (SSSR count). The van der Waals surface area contributed by atoms with E-state index in [2.05, 4.69) is 20.4 Å². The zero-order chi connectivity index (χ0) is 19.9. The van der Waals surface area contributed by atoms with Gasteiger partial charge in [-0.2, -0.15) is 18.3 Å². The van der Waals surface area contributed by atoms with E-state index in [1.165, 1.54) is 18.3 Å². The van der Waals surface area contributed by atoms with Gasteiger partial charge >= 0.3 is 6.18 Å². The van der Waals surface area contributed by atoms with E-state index in [1.54, 1.807) is 36.3 Å². The topological polar surface area (TPSA) is 72.7 Å². The maximum Gasteiger partial charge on any atom is 0.416 e. The van der Waals surface area contributed by atoms with Crippen molar-refractivity contribution in [2.75, 3.05) is 5.32 Å². The van der Waals surface area contributed by atoms with E-state index in [-0.39, 0.29) is 17.4 Å². The fourth-order valence-electron chi connectivity index (χ4n) is 3.24. The van der Waals surface area contributed by atoms with E-state index in [0.717, 1.165) is 11.6 Å². The molecule has 28 heavy (non-hydrogen) atoms. The van der Waals surface area contributed by atoms with Crippen molar-refractivity contribution in [2.24, 2.45) is 13.0 Å². The summed E-state index contributed by atoms with van der Waals surface area (Å²) in [6, 6.07) is 7.06. The van der Waals surface area contributed by atoms with Crippen LogP contribution < -0.4 is 5.32 Å². The molecular weight excluding hydrogens is 371 g/mol. The van der Waals surface area contributed by atoms with E-state index in [9.17, 15) is 18.0 Å². The number of alkyl halides is 3. The Bertz CT molecular complexity index is 1030. The van der Waals surface area contributed by atoms with Crippen molar-refractivity contribution in [3.05, 3.63) is 60.0 Å². The molecule has 1 amide bonds. The summed E-state index contributed by atoms with van der Waals surface area (Å²) in [6.45, 7) is 0. The molecule has 9 heteroatoms. The van der Waals surface area contributed by atoms with Crippen molar-refractivity contribution in [1.29, 1.82) is 0 Å². The number of amides is 1. The van der Waals surface area contributed by atoms with Gasteiger partial charge in [-0.3, -0.25) is 14.8 Å². The minimum Gasteiger partial charge on any atom is -0.294 e. The second kappa shape index (κ2) is 6.74. The summed E-state index contributed by atoms with van der Waals surface area (Å²) in [5.74, 6) is -1.26. The Morgan fingerprint density at radius 1 is 1.25 bits per heavy atom. The van der Waals surface area contributed by atoms with Crippen molar-refractivity contribution in [3.8, 4) is 11.3 Å². The molecule has 2 heterocycles. The molecular formula is C19H16F3N5O. The smallest absolute Gasteiger partial charge is 0.294 e. The zero-order valence-corrected chi connectivity index (χ0v) is 14.8. The number of carbonyl (C=O) groups is 1. The molecule has 3 aromatic rings. The van der Waals surface area contributed by atoms with Crippen LogP contribution in [-0.2, 0) is 18.0 Å². The van der Waals surface area contributed by atoms with E-state index in [0.29, 0.717) is 12.1 Å². The monoisotopic (exact) mass is 387 g/mol. The highest BCUT2D eigenvalue weighted by atomic mass is 19.4. The molecule has 0 unspecified atom stereocenters. The van der Waals surface area contributed by atoms with Crippen LogP contribution in [0.5, 0.6) is 0 Å². The van der Waals surface area contributed by atoms with Crippen molar-refractivity contribution in [1.82, 2.24) is 19.7 Å². The Kier molecular flexibility index (Phi) is 4.37. The van der Waals surface area contributed by atoms with Gasteiger partial charge in [0.1, 0.15) is 0 Å². The van der Waals surface area contributed by atoms with Crippen LogP contribution in [0.15, 0.2) is 48.9 Å². The van der Waals surface area contributed by atoms with Crippen LogP contribution in [0.1, 0.15) is 23.5 Å². The number of halogens is 3. The fraction of sp³-hybridized carbons (Fsp3) is 0.263. The van der Waals surface area contributed by atoms with Crippen molar-refractivity contribution in [3.63, 3.8) is 0 Å². The number of benzene rings is 1. The number of hydrogen-bond donors (Lipinski definition) is 1. The van der Waals surface area contributed by atoms with Crippen LogP contribution in [0.2, 0.25) is 0 Å². The Hall–Kier alpha value is -3.23. The van der Waals surface area contributed by atoms with Crippen molar-refractivity contribution in [2.45, 2.75) is 18.5 Å². The lowest BCUT2D eigenvalue weighted by molar-refractivity contribution is -0.138. The number of aryl methyl sites for hydroxylation is 1. The van der Waals surface area contributed by atoms with Gasteiger partial charge in [0.2, 0.25) is 11.9 Å². The molecule has 1 aliphatic rings. The first-order valence-corrected chi connectivity index (χ1v) is 8.62. The van der Waals surface area contributed by atoms with E-state index in [1.807, 2.05) is 0 Å². The zero-order valence-electron chi connectivity index (χ0n) is 14.8. The summed E-state index contributed by atoms with van der Waals surface area (Å²) in [6.07, 6.45) is 0.842. The van der Waals surface area contributed by atoms with Gasteiger partial charge in [0.05, 0.1) is 17.5 Å². The van der Waals surface area contributed by atoms with Crippen LogP contribution >= 0.6 is 0 Å². The first kappa shape index (κ1) is 18.1. The lowest BCUT2D eigenvalue weighted by Gasteiger charge is -2.12. The third-order valence-electron chi connectivity index (χ3n) is 4.68. The molecule has 2 aromatic heterocycles. The summed E-state index contributed by atoms with van der Waals surface area (Å²) >= 11 is 0. The molecule has 6 nitrogen and oxygen atoms in total. The minimum atomic E-state index is -4.44. The van der Waals surface area contributed by atoms with E-state index >= 15 is 0 Å². The fourth-order valence-corrected chi connectivity index (χ4v) is 3.24. The Labute approximate surface area is 158 Å². The lowest BCUT2D eigenvalue weighted by Crippen LogP contribution is -2.17. The van der Waals surface area contributed by atoms with Gasteiger partial charge in [0, 0.05) is 30.9 Å². The number of nitrogens with zero attached hydrogens (tertiary/aromatic N) is 4. The average Bonchev–Trinajstić information content (AvgIpc) is 3.35. The number of rotatable bonds is 4. The molecule has 1 aromatic carbocycles. The third-order valence-corrected chi connectivity index (χ3v) is 4.68. The third kappa shape index (κ3) is 3.60. The maximum atomic E-state index is 13.2. The maximum absolute atomic E-state index is 13.2. The molecule has 1 fully saturated rings. The molecule has 0 saturated heterocycles. The second-order valence-electron chi connectivity index (χ2n) is 6.69. The number of anilines is 1. The van der Waals surface area contributed by atoms with Gasteiger partial charge in [-0.1, -0.05) is 18.2 Å². The second-order valence-corrected chi connectivity index (χ2v) is 6.69. The van der Waals surface area contributed by atoms with Crippen LogP contribution in [-0.4, -0.2) is 25.7 Å². The number of aromatic nitrogens is 4. The average molecular weight is 387 g/mol. The first-order chi connectivity index (χ1) is 13.3. The Morgan fingerprint density at radius 2 is 2.04 bits per heavy atom. The molecule has 0 radical (unpaired) electrons. The highest BCUT2D eigenvalue weighted by molar-refractivity contribution is 5.94. The van der Waals surface area contributed by atoms with Gasteiger partial charge in [-0.05, 0) is 30.0 Å². The van der Waals surface area contributed by atoms with Gasteiger partial charge < -0.3 is 0 Å². The van der Waals surface area contributed by atoms with Crippen LogP contribution in [0.3, 0.4) is 0 Å². The van der Waals surface area contributed by atoms with Gasteiger partial charge in [0.25, 0.3) is 0 Å². The minimum absolute atomic E-state index is 0.112. The van der Waals surface area contributed by atoms with E-state index in [4.69, 9.17) is 0 Å². The van der Waals surface area contributed by atoms with Crippen molar-refractivity contribution < 1.29 is 18.0 Å². The summed E-state index contributed by atoms with van der Waals surface area (Å²) in [7, 11) is 1.78. The predicted molar refractivity (Wildman–Crippen MR) is 95.2 cm³/mol. The quantitative estimate of drug-likeness (QED) is 0.742. The van der Waals surface area contributed by atoms with Crippen LogP contribution in [0, 0.1) is 5.92 Å². The van der Waals surface area contributed by atoms with Crippen LogP contribution in [0.4, 0.5) is 19.1 Å². The Morgan fingerprint density at radius 3 is 2.75 bits per heavy atom. The molecule has 0 bridgehead atoms. The molecule has 2 atom stereocenters. The molecule has 0 spiro atoms. The van der Waals surface area contributed by atoms with Crippen LogP contribution in [0.25, 0.3) is 11.3 Å². The number of hydrogen-bond acceptors (Lipinski definition) is 4. The first-order valence-electron chi connectivity index (χ1n) is 8.62. The highest BCUT2D eigenvalue weighted by Gasteiger charge is 2.48. The summed E-state index contributed by atoms with van der Waals surface area (Å²) in [5.41, 5.74) is 0.822. The standard InChI is InChI=1S/C19H16F3N5O/c1-27-10-11(9-24-27)16-6-7-23-18(25-16)26-17(28)14-8-13(14)12-4-2-3-5-15(12)19(20,21)22/h2-7,9-10,13-14H,8H2,1H3,(H,23,25,26,28)/t13-,14+/m1/s1. The number of carbonyl (C=O) groups excluding carboxylic acids is 1. The van der Waals surface area contributed by atoms with E-state index < -0.39 is 23.6 Å². The van der Waals surface area contributed by atoms with Gasteiger partial charge in [-0.15, -0.1) is 0 Å². The van der Waals surface area contributed by atoms with Gasteiger partial charge in [0.15, 0.2) is 0 Å². The normalized spacial score (nSPS) is 18.7. The van der Waals surface area contributed by atoms with Gasteiger partial charge in [-0.25, -0.2) is 9.97 Å². The Balaban J connectivity index is 1.48. The molecule has 144 valence electrons. The predicted octanol–water partition coefficient (Wildman–Crippen LogP) is 3.64. The molecule has 0 aliphatic heterocycles.